The summed E-state index contributed by atoms with van der Waals surface area (Å²) in [5, 5.41) is 3.93. The SMILES string of the molecule is CCCn1cc(C(C)=O)c(=O)c2ccc(-c3cnc(NC(C)=O)cc3-c3nc(C(F)(F)F)cs3)cc21. The van der Waals surface area contributed by atoms with Crippen LogP contribution in [0.25, 0.3) is 32.6 Å². The van der Waals surface area contributed by atoms with Gasteiger partial charge in [0.25, 0.3) is 0 Å². The molecule has 36 heavy (non-hydrogen) atoms. The third-order valence-corrected chi connectivity index (χ3v) is 6.34. The van der Waals surface area contributed by atoms with Crippen molar-refractivity contribution in [2.75, 3.05) is 5.32 Å². The second-order valence-corrected chi connectivity index (χ2v) is 9.04. The van der Waals surface area contributed by atoms with Crippen LogP contribution >= 0.6 is 11.3 Å². The number of aryl methyl sites for hydroxylation is 1. The van der Waals surface area contributed by atoms with Crippen LogP contribution in [-0.2, 0) is 17.5 Å². The number of hydrogen-bond donors (Lipinski definition) is 1. The van der Waals surface area contributed by atoms with Crippen LogP contribution in [0, 0.1) is 0 Å². The van der Waals surface area contributed by atoms with Crippen LogP contribution < -0.4 is 10.7 Å². The molecule has 0 aliphatic carbocycles. The van der Waals surface area contributed by atoms with Crippen molar-refractivity contribution in [1.82, 2.24) is 14.5 Å². The summed E-state index contributed by atoms with van der Waals surface area (Å²) in [6.45, 7) is 5.15. The number of halogens is 3. The third-order valence-electron chi connectivity index (χ3n) is 5.47. The van der Waals surface area contributed by atoms with Crippen LogP contribution in [0.3, 0.4) is 0 Å². The van der Waals surface area contributed by atoms with E-state index in [9.17, 15) is 27.6 Å². The van der Waals surface area contributed by atoms with Gasteiger partial charge in [0.2, 0.25) is 5.91 Å². The summed E-state index contributed by atoms with van der Waals surface area (Å²) in [5.41, 5.74) is 0.676. The van der Waals surface area contributed by atoms with Gasteiger partial charge in [-0.1, -0.05) is 13.0 Å². The molecule has 0 spiro atoms. The molecule has 0 saturated carbocycles. The number of amides is 1. The number of Topliss-reactive ketones (excluding diaryl/α,β-unsaturated/α-hetero) is 1. The van der Waals surface area contributed by atoms with E-state index in [4.69, 9.17) is 0 Å². The Morgan fingerprint density at radius 2 is 1.89 bits per heavy atom. The van der Waals surface area contributed by atoms with Gasteiger partial charge in [-0.3, -0.25) is 14.4 Å². The topological polar surface area (TPSA) is 94.0 Å². The lowest BCUT2D eigenvalue weighted by molar-refractivity contribution is -0.140. The van der Waals surface area contributed by atoms with Crippen molar-refractivity contribution in [3.63, 3.8) is 0 Å². The summed E-state index contributed by atoms with van der Waals surface area (Å²) >= 11 is 0.824. The maximum Gasteiger partial charge on any atom is 0.434 e. The Hall–Kier alpha value is -3.86. The molecule has 7 nitrogen and oxygen atoms in total. The van der Waals surface area contributed by atoms with Crippen LogP contribution in [0.1, 0.15) is 43.2 Å². The number of rotatable bonds is 6. The van der Waals surface area contributed by atoms with E-state index in [1.807, 2.05) is 11.5 Å². The molecule has 1 amide bonds. The molecule has 0 aliphatic heterocycles. The normalized spacial score (nSPS) is 11.6. The van der Waals surface area contributed by atoms with Crippen LogP contribution in [0.5, 0.6) is 0 Å². The summed E-state index contributed by atoms with van der Waals surface area (Å²) in [5.74, 6) is -0.549. The molecule has 186 valence electrons. The minimum Gasteiger partial charge on any atom is -0.347 e. The van der Waals surface area contributed by atoms with E-state index in [2.05, 4.69) is 15.3 Å². The van der Waals surface area contributed by atoms with Gasteiger partial charge in [0.1, 0.15) is 10.8 Å². The third kappa shape index (κ3) is 4.92. The van der Waals surface area contributed by atoms with Crippen molar-refractivity contribution in [1.29, 1.82) is 0 Å². The van der Waals surface area contributed by atoms with Crippen molar-refractivity contribution < 1.29 is 22.8 Å². The molecule has 1 aromatic carbocycles. The monoisotopic (exact) mass is 514 g/mol. The largest absolute Gasteiger partial charge is 0.434 e. The highest BCUT2D eigenvalue weighted by molar-refractivity contribution is 7.13. The number of pyridine rings is 2. The first-order chi connectivity index (χ1) is 17.0. The molecule has 3 heterocycles. The first kappa shape index (κ1) is 25.2. The highest BCUT2D eigenvalue weighted by Crippen LogP contribution is 2.39. The molecule has 0 aliphatic rings. The highest BCUT2D eigenvalue weighted by atomic mass is 32.1. The number of carbonyl (C=O) groups is 2. The van der Waals surface area contributed by atoms with E-state index >= 15 is 0 Å². The fraction of sp³-hybridized carbons (Fsp3) is 0.240. The number of fused-ring (bicyclic) bond motifs is 1. The van der Waals surface area contributed by atoms with Crippen molar-refractivity contribution in [2.24, 2.45) is 0 Å². The number of benzene rings is 1. The Morgan fingerprint density at radius 3 is 2.50 bits per heavy atom. The Kier molecular flexibility index (Phi) is 6.77. The van der Waals surface area contributed by atoms with E-state index in [-0.39, 0.29) is 33.5 Å². The molecule has 0 radical (unpaired) electrons. The molecule has 0 atom stereocenters. The highest BCUT2D eigenvalue weighted by Gasteiger charge is 2.34. The summed E-state index contributed by atoms with van der Waals surface area (Å²) in [6.07, 6.45) is -0.870. The van der Waals surface area contributed by atoms with Crippen molar-refractivity contribution in [3.05, 3.63) is 63.5 Å². The van der Waals surface area contributed by atoms with E-state index in [1.165, 1.54) is 32.3 Å². The van der Waals surface area contributed by atoms with Gasteiger partial charge in [0.15, 0.2) is 16.9 Å². The molecule has 0 saturated heterocycles. The first-order valence-corrected chi connectivity index (χ1v) is 11.9. The average Bonchev–Trinajstić information content (AvgIpc) is 3.31. The lowest BCUT2D eigenvalue weighted by atomic mass is 9.99. The van der Waals surface area contributed by atoms with E-state index < -0.39 is 11.9 Å². The van der Waals surface area contributed by atoms with Crippen LogP contribution in [0.4, 0.5) is 19.0 Å². The van der Waals surface area contributed by atoms with Crippen molar-refractivity contribution >= 4 is 39.7 Å². The molecule has 3 aromatic heterocycles. The van der Waals surface area contributed by atoms with Gasteiger partial charge < -0.3 is 9.88 Å². The van der Waals surface area contributed by atoms with Gasteiger partial charge in [-0.2, -0.15) is 13.2 Å². The number of carbonyl (C=O) groups excluding carboxylic acids is 2. The fourth-order valence-corrected chi connectivity index (χ4v) is 4.73. The average molecular weight is 515 g/mol. The molecule has 0 fully saturated rings. The molecular weight excluding hydrogens is 493 g/mol. The van der Waals surface area contributed by atoms with Crippen LogP contribution in [0.2, 0.25) is 0 Å². The predicted molar refractivity (Wildman–Crippen MR) is 132 cm³/mol. The zero-order chi connectivity index (χ0) is 26.2. The molecule has 4 rings (SSSR count). The maximum absolute atomic E-state index is 13.2. The van der Waals surface area contributed by atoms with E-state index in [0.717, 1.165) is 23.1 Å². The van der Waals surface area contributed by atoms with Crippen LogP contribution in [0.15, 0.2) is 46.8 Å². The molecule has 0 unspecified atom stereocenters. The Labute approximate surface area is 207 Å². The quantitative estimate of drug-likeness (QED) is 0.330. The van der Waals surface area contributed by atoms with Gasteiger partial charge >= 0.3 is 6.18 Å². The molecule has 0 bridgehead atoms. The summed E-state index contributed by atoms with van der Waals surface area (Å²) in [6, 6.07) is 6.46. The number of hydrogen-bond acceptors (Lipinski definition) is 6. The first-order valence-electron chi connectivity index (χ1n) is 11.0. The number of ketones is 1. The number of anilines is 1. The smallest absolute Gasteiger partial charge is 0.347 e. The summed E-state index contributed by atoms with van der Waals surface area (Å²) in [7, 11) is 0. The minimum atomic E-state index is -4.60. The zero-order valence-electron chi connectivity index (χ0n) is 19.6. The van der Waals surface area contributed by atoms with E-state index in [0.29, 0.717) is 34.1 Å². The number of thiazole rings is 1. The fourth-order valence-electron chi connectivity index (χ4n) is 3.87. The number of nitrogens with one attached hydrogen (secondary N) is 1. The lowest BCUT2D eigenvalue weighted by Crippen LogP contribution is -2.17. The van der Waals surface area contributed by atoms with E-state index in [1.54, 1.807) is 18.2 Å². The van der Waals surface area contributed by atoms with Gasteiger partial charge in [0.05, 0.1) is 11.1 Å². The lowest BCUT2D eigenvalue weighted by Gasteiger charge is -2.15. The summed E-state index contributed by atoms with van der Waals surface area (Å²) < 4.78 is 41.5. The number of nitrogens with zero attached hydrogens (tertiary/aromatic N) is 3. The standard InChI is InChI=1S/C25H21F3N4O3S/c1-4-7-32-11-19(13(2)33)23(35)16-6-5-15(8-20(16)32)18-10-29-22(30-14(3)34)9-17(18)24-31-21(12-36-24)25(26,27)28/h5-6,8-12H,4,7H2,1-3H3,(H,29,30,34). The Bertz CT molecular complexity index is 1560. The Balaban J connectivity index is 1.95. The van der Waals surface area contributed by atoms with Gasteiger partial charge in [-0.15, -0.1) is 11.3 Å². The van der Waals surface area contributed by atoms with Gasteiger partial charge in [-0.25, -0.2) is 9.97 Å². The predicted octanol–water partition coefficient (Wildman–Crippen LogP) is 5.78. The van der Waals surface area contributed by atoms with Gasteiger partial charge in [0, 0.05) is 47.8 Å². The van der Waals surface area contributed by atoms with Crippen molar-refractivity contribution in [2.45, 2.75) is 39.9 Å². The van der Waals surface area contributed by atoms with Gasteiger partial charge in [-0.05, 0) is 37.1 Å². The van der Waals surface area contributed by atoms with Crippen molar-refractivity contribution in [3.8, 4) is 21.7 Å². The zero-order valence-corrected chi connectivity index (χ0v) is 20.4. The summed E-state index contributed by atoms with van der Waals surface area (Å²) in [4.78, 5) is 44.5. The number of alkyl halides is 3. The molecular formula is C25H21F3N4O3S. The van der Waals surface area contributed by atoms with Crippen LogP contribution in [-0.4, -0.2) is 26.2 Å². The second-order valence-electron chi connectivity index (χ2n) is 8.19. The second kappa shape index (κ2) is 9.65. The molecule has 4 aromatic rings. The maximum atomic E-state index is 13.2. The minimum absolute atomic E-state index is 0.0909. The molecule has 11 heteroatoms. The Morgan fingerprint density at radius 1 is 1.14 bits per heavy atom. The molecule has 1 N–H and O–H groups in total. The number of aromatic nitrogens is 3.